The van der Waals surface area contributed by atoms with Crippen LogP contribution in [0.15, 0.2) is 0 Å². The number of amides is 3. The van der Waals surface area contributed by atoms with Crippen LogP contribution >= 0.6 is 0 Å². The number of carbonyl (C=O) groups is 2. The van der Waals surface area contributed by atoms with Crippen molar-refractivity contribution in [3.63, 3.8) is 0 Å². The molecular weight excluding hydrogens is 298 g/mol. The van der Waals surface area contributed by atoms with Crippen LogP contribution in [0.25, 0.3) is 0 Å². The molecule has 0 aromatic heterocycles. The summed E-state index contributed by atoms with van der Waals surface area (Å²) >= 11 is 0. The highest BCUT2D eigenvalue weighted by Gasteiger charge is 2.36. The number of hydrogen-bond acceptors (Lipinski definition) is 4. The SMILES string of the molecule is O=C1CCCN1CCCNC(=O)N1CCCC[C@@H]1C1OCCO1. The fourth-order valence-electron chi connectivity index (χ4n) is 3.60. The molecule has 3 heterocycles. The Kier molecular flexibility index (Phi) is 5.72. The van der Waals surface area contributed by atoms with Crippen LogP contribution in [-0.2, 0) is 14.3 Å². The lowest BCUT2D eigenvalue weighted by Crippen LogP contribution is -2.53. The Bertz CT molecular complexity index is 426. The molecule has 3 rings (SSSR count). The van der Waals surface area contributed by atoms with Gasteiger partial charge in [-0.15, -0.1) is 0 Å². The van der Waals surface area contributed by atoms with E-state index in [4.69, 9.17) is 9.47 Å². The number of ether oxygens (including phenoxy) is 2. The van der Waals surface area contributed by atoms with Gasteiger partial charge in [-0.25, -0.2) is 4.79 Å². The summed E-state index contributed by atoms with van der Waals surface area (Å²) in [6.07, 6.45) is 5.22. The van der Waals surface area contributed by atoms with Crippen molar-refractivity contribution in [2.45, 2.75) is 50.9 Å². The van der Waals surface area contributed by atoms with Gasteiger partial charge in [0.2, 0.25) is 5.91 Å². The zero-order valence-electron chi connectivity index (χ0n) is 13.7. The lowest BCUT2D eigenvalue weighted by molar-refractivity contribution is -0.127. The van der Waals surface area contributed by atoms with E-state index in [1.807, 2.05) is 9.80 Å². The maximum absolute atomic E-state index is 12.4. The van der Waals surface area contributed by atoms with Gasteiger partial charge in [-0.2, -0.15) is 0 Å². The van der Waals surface area contributed by atoms with E-state index in [0.717, 1.165) is 51.7 Å². The monoisotopic (exact) mass is 325 g/mol. The van der Waals surface area contributed by atoms with E-state index in [0.29, 0.717) is 26.2 Å². The van der Waals surface area contributed by atoms with Gasteiger partial charge in [0.05, 0.1) is 19.3 Å². The minimum absolute atomic E-state index is 0.0198. The van der Waals surface area contributed by atoms with Crippen LogP contribution in [-0.4, -0.2) is 73.5 Å². The van der Waals surface area contributed by atoms with Crippen LogP contribution in [0.2, 0.25) is 0 Å². The molecule has 7 nitrogen and oxygen atoms in total. The Balaban J connectivity index is 1.41. The highest BCUT2D eigenvalue weighted by molar-refractivity contribution is 5.78. The Hall–Kier alpha value is -1.34. The van der Waals surface area contributed by atoms with Gasteiger partial charge >= 0.3 is 6.03 Å². The topological polar surface area (TPSA) is 71.1 Å². The van der Waals surface area contributed by atoms with Crippen LogP contribution in [0, 0.1) is 0 Å². The third-order valence-corrected chi connectivity index (χ3v) is 4.82. The number of nitrogens with zero attached hydrogens (tertiary/aromatic N) is 2. The maximum Gasteiger partial charge on any atom is 0.317 e. The molecule has 0 aromatic carbocycles. The Morgan fingerprint density at radius 2 is 2.00 bits per heavy atom. The summed E-state index contributed by atoms with van der Waals surface area (Å²) in [5.41, 5.74) is 0. The number of piperidine rings is 1. The van der Waals surface area contributed by atoms with Crippen molar-refractivity contribution in [3.8, 4) is 0 Å². The summed E-state index contributed by atoms with van der Waals surface area (Å²) < 4.78 is 11.2. The molecule has 3 aliphatic heterocycles. The van der Waals surface area contributed by atoms with Crippen LogP contribution in [0.4, 0.5) is 4.79 Å². The molecule has 3 saturated heterocycles. The van der Waals surface area contributed by atoms with Crippen molar-refractivity contribution in [2.75, 3.05) is 39.4 Å². The molecule has 7 heteroatoms. The summed E-state index contributed by atoms with van der Waals surface area (Å²) in [7, 11) is 0. The molecule has 130 valence electrons. The lowest BCUT2D eigenvalue weighted by Gasteiger charge is -2.37. The van der Waals surface area contributed by atoms with Crippen molar-refractivity contribution in [3.05, 3.63) is 0 Å². The number of carbonyl (C=O) groups excluding carboxylic acids is 2. The van der Waals surface area contributed by atoms with E-state index in [2.05, 4.69) is 5.32 Å². The molecule has 0 aliphatic carbocycles. The minimum atomic E-state index is -0.275. The molecule has 3 amide bonds. The summed E-state index contributed by atoms with van der Waals surface area (Å²) in [6, 6.07) is -0.0204. The van der Waals surface area contributed by atoms with Crippen molar-refractivity contribution in [2.24, 2.45) is 0 Å². The van der Waals surface area contributed by atoms with Crippen molar-refractivity contribution >= 4 is 11.9 Å². The van der Waals surface area contributed by atoms with E-state index >= 15 is 0 Å². The van der Waals surface area contributed by atoms with Crippen LogP contribution in [0.5, 0.6) is 0 Å². The second-order valence-electron chi connectivity index (χ2n) is 6.44. The normalized spacial score (nSPS) is 26.1. The number of hydrogen-bond donors (Lipinski definition) is 1. The van der Waals surface area contributed by atoms with Crippen molar-refractivity contribution in [1.29, 1.82) is 0 Å². The van der Waals surface area contributed by atoms with Gasteiger partial charge in [-0.1, -0.05) is 0 Å². The van der Waals surface area contributed by atoms with Gasteiger partial charge < -0.3 is 24.6 Å². The minimum Gasteiger partial charge on any atom is -0.348 e. The molecule has 0 saturated carbocycles. The average Bonchev–Trinajstić information content (AvgIpc) is 3.23. The third kappa shape index (κ3) is 4.14. The zero-order chi connectivity index (χ0) is 16.1. The first-order chi connectivity index (χ1) is 11.3. The lowest BCUT2D eigenvalue weighted by atomic mass is 10.0. The van der Waals surface area contributed by atoms with Gasteiger partial charge in [-0.05, 0) is 32.1 Å². The van der Waals surface area contributed by atoms with E-state index in [9.17, 15) is 9.59 Å². The molecule has 0 unspecified atom stereocenters. The van der Waals surface area contributed by atoms with Crippen LogP contribution < -0.4 is 5.32 Å². The highest BCUT2D eigenvalue weighted by Crippen LogP contribution is 2.24. The largest absolute Gasteiger partial charge is 0.348 e. The quantitative estimate of drug-likeness (QED) is 0.764. The number of urea groups is 1. The van der Waals surface area contributed by atoms with Gasteiger partial charge in [0.25, 0.3) is 0 Å². The predicted octanol–water partition coefficient (Wildman–Crippen LogP) is 0.936. The van der Waals surface area contributed by atoms with Crippen molar-refractivity contribution in [1.82, 2.24) is 15.1 Å². The molecule has 23 heavy (non-hydrogen) atoms. The first-order valence-electron chi connectivity index (χ1n) is 8.81. The summed E-state index contributed by atoms with van der Waals surface area (Å²) in [6.45, 7) is 4.16. The van der Waals surface area contributed by atoms with Crippen molar-refractivity contribution < 1.29 is 19.1 Å². The molecular formula is C16H27N3O4. The zero-order valence-corrected chi connectivity index (χ0v) is 13.7. The number of rotatable bonds is 5. The fraction of sp³-hybridized carbons (Fsp3) is 0.875. The first-order valence-corrected chi connectivity index (χ1v) is 8.81. The van der Waals surface area contributed by atoms with Gasteiger partial charge in [-0.3, -0.25) is 4.79 Å². The van der Waals surface area contributed by atoms with E-state index in [-0.39, 0.29) is 24.3 Å². The predicted molar refractivity (Wildman–Crippen MR) is 83.9 cm³/mol. The Morgan fingerprint density at radius 1 is 1.17 bits per heavy atom. The molecule has 3 aliphatic rings. The molecule has 0 aromatic rings. The van der Waals surface area contributed by atoms with Gasteiger partial charge in [0, 0.05) is 32.6 Å². The number of likely N-dealkylation sites (tertiary alicyclic amines) is 2. The number of nitrogens with one attached hydrogen (secondary N) is 1. The molecule has 1 atom stereocenters. The molecule has 0 spiro atoms. The fourth-order valence-corrected chi connectivity index (χ4v) is 3.60. The van der Waals surface area contributed by atoms with Gasteiger partial charge in [0.1, 0.15) is 0 Å². The maximum atomic E-state index is 12.4. The Morgan fingerprint density at radius 3 is 2.74 bits per heavy atom. The van der Waals surface area contributed by atoms with Gasteiger partial charge in [0.15, 0.2) is 6.29 Å². The molecule has 1 N–H and O–H groups in total. The standard InChI is InChI=1S/C16H27N3O4/c20-14-6-3-8-18(14)9-4-7-17-16(21)19-10-2-1-5-13(19)15-22-11-12-23-15/h13,15H,1-12H2,(H,17,21)/t13-/m1/s1. The Labute approximate surface area is 137 Å². The van der Waals surface area contributed by atoms with Crippen LogP contribution in [0.1, 0.15) is 38.5 Å². The average molecular weight is 325 g/mol. The second-order valence-corrected chi connectivity index (χ2v) is 6.44. The van der Waals surface area contributed by atoms with E-state index < -0.39 is 0 Å². The molecule has 3 fully saturated rings. The van der Waals surface area contributed by atoms with Crippen LogP contribution in [0.3, 0.4) is 0 Å². The second kappa shape index (κ2) is 7.97. The highest BCUT2D eigenvalue weighted by atomic mass is 16.7. The smallest absolute Gasteiger partial charge is 0.317 e. The van der Waals surface area contributed by atoms with E-state index in [1.165, 1.54) is 0 Å². The summed E-state index contributed by atoms with van der Waals surface area (Å²) in [4.78, 5) is 27.7. The first kappa shape index (κ1) is 16.5. The summed E-state index contributed by atoms with van der Waals surface area (Å²) in [5.74, 6) is 0.239. The van der Waals surface area contributed by atoms with E-state index in [1.54, 1.807) is 0 Å². The third-order valence-electron chi connectivity index (χ3n) is 4.82. The summed E-state index contributed by atoms with van der Waals surface area (Å²) in [5, 5.41) is 2.98. The molecule has 0 radical (unpaired) electrons. The molecule has 0 bridgehead atoms.